The van der Waals surface area contributed by atoms with Gasteiger partial charge < -0.3 is 20.7 Å². The molecule has 1 aromatic rings. The molecule has 0 aliphatic carbocycles. The van der Waals surface area contributed by atoms with Gasteiger partial charge in [0.15, 0.2) is 6.10 Å². The van der Waals surface area contributed by atoms with Crippen LogP contribution in [0.2, 0.25) is 0 Å². The molecule has 0 aliphatic heterocycles. The van der Waals surface area contributed by atoms with E-state index in [1.807, 2.05) is 0 Å². The van der Waals surface area contributed by atoms with Crippen LogP contribution in [-0.4, -0.2) is 29.4 Å². The van der Waals surface area contributed by atoms with Crippen molar-refractivity contribution >= 4 is 11.7 Å². The number of anilines is 1. The smallest absolute Gasteiger partial charge is 0.338 e. The van der Waals surface area contributed by atoms with Crippen LogP contribution in [0.15, 0.2) is 12.1 Å². The molecule has 0 heterocycles. The topological polar surface area (TPSA) is 117 Å². The van der Waals surface area contributed by atoms with Crippen molar-refractivity contribution in [2.75, 3.05) is 12.8 Å². The van der Waals surface area contributed by atoms with E-state index in [1.54, 1.807) is 6.92 Å². The Labute approximate surface area is 104 Å². The third kappa shape index (κ3) is 2.59. The minimum Gasteiger partial charge on any atom is -0.465 e. The standard InChI is InChI=1S/C12H14N2O4/c1-6-8(12(17)18-2)3-7(4-9(6)14)11(16)10(15)5-13/h3-4,10-11,15-16H,14H2,1-2H3. The average Bonchev–Trinajstić information content (AvgIpc) is 2.38. The van der Waals surface area contributed by atoms with Crippen molar-refractivity contribution in [2.45, 2.75) is 19.1 Å². The van der Waals surface area contributed by atoms with Gasteiger partial charge in [-0.1, -0.05) is 0 Å². The average molecular weight is 250 g/mol. The number of nitriles is 1. The summed E-state index contributed by atoms with van der Waals surface area (Å²) in [5, 5.41) is 27.5. The molecule has 6 heteroatoms. The molecule has 96 valence electrons. The second-order valence-electron chi connectivity index (χ2n) is 3.79. The number of hydrogen-bond acceptors (Lipinski definition) is 6. The highest BCUT2D eigenvalue weighted by Crippen LogP contribution is 2.25. The van der Waals surface area contributed by atoms with Gasteiger partial charge in [-0.15, -0.1) is 0 Å². The molecule has 2 atom stereocenters. The lowest BCUT2D eigenvalue weighted by atomic mass is 9.97. The Bertz CT molecular complexity index is 508. The summed E-state index contributed by atoms with van der Waals surface area (Å²) in [6.07, 6.45) is -3.01. The van der Waals surface area contributed by atoms with Gasteiger partial charge in [0.1, 0.15) is 6.10 Å². The lowest BCUT2D eigenvalue weighted by molar-refractivity contribution is 0.0522. The number of benzene rings is 1. The quantitative estimate of drug-likeness (QED) is 0.403. The molecule has 0 saturated heterocycles. The second-order valence-corrected chi connectivity index (χ2v) is 3.79. The van der Waals surface area contributed by atoms with Gasteiger partial charge in [0.25, 0.3) is 0 Å². The molecule has 1 rings (SSSR count). The van der Waals surface area contributed by atoms with Crippen LogP contribution in [0.25, 0.3) is 0 Å². The van der Waals surface area contributed by atoms with Gasteiger partial charge in [0, 0.05) is 5.69 Å². The maximum absolute atomic E-state index is 11.5. The number of carbonyl (C=O) groups excluding carboxylic acids is 1. The number of ether oxygens (including phenoxy) is 1. The first-order valence-corrected chi connectivity index (χ1v) is 5.16. The fourth-order valence-electron chi connectivity index (χ4n) is 1.51. The van der Waals surface area contributed by atoms with Gasteiger partial charge in [-0.3, -0.25) is 0 Å². The van der Waals surface area contributed by atoms with Crippen molar-refractivity contribution in [3.8, 4) is 6.07 Å². The highest BCUT2D eigenvalue weighted by molar-refractivity contribution is 5.92. The maximum Gasteiger partial charge on any atom is 0.338 e. The number of methoxy groups -OCH3 is 1. The molecular formula is C12H14N2O4. The summed E-state index contributed by atoms with van der Waals surface area (Å²) in [5.74, 6) is -0.598. The number of rotatable bonds is 3. The van der Waals surface area contributed by atoms with Gasteiger partial charge in [-0.2, -0.15) is 5.26 Å². The lowest BCUT2D eigenvalue weighted by Gasteiger charge is -2.15. The molecule has 0 fully saturated rings. The third-order valence-corrected chi connectivity index (χ3v) is 2.65. The maximum atomic E-state index is 11.5. The van der Waals surface area contributed by atoms with E-state index in [0.29, 0.717) is 5.56 Å². The Morgan fingerprint density at radius 3 is 2.61 bits per heavy atom. The molecule has 2 unspecified atom stereocenters. The number of aliphatic hydroxyl groups excluding tert-OH is 2. The van der Waals surface area contributed by atoms with E-state index in [-0.39, 0.29) is 16.8 Å². The third-order valence-electron chi connectivity index (χ3n) is 2.65. The fraction of sp³-hybridized carbons (Fsp3) is 0.333. The minimum absolute atomic E-state index is 0.188. The Hall–Kier alpha value is -2.10. The van der Waals surface area contributed by atoms with Crippen LogP contribution in [0.5, 0.6) is 0 Å². The fourth-order valence-corrected chi connectivity index (χ4v) is 1.51. The van der Waals surface area contributed by atoms with Gasteiger partial charge in [0.2, 0.25) is 0 Å². The molecule has 0 amide bonds. The molecule has 0 bridgehead atoms. The van der Waals surface area contributed by atoms with Crippen molar-refractivity contribution in [3.63, 3.8) is 0 Å². The summed E-state index contributed by atoms with van der Waals surface area (Å²) in [6.45, 7) is 1.64. The van der Waals surface area contributed by atoms with Gasteiger partial charge in [-0.25, -0.2) is 4.79 Å². The molecule has 0 spiro atoms. The van der Waals surface area contributed by atoms with Crippen molar-refractivity contribution in [1.29, 1.82) is 5.26 Å². The zero-order valence-electron chi connectivity index (χ0n) is 10.0. The van der Waals surface area contributed by atoms with Gasteiger partial charge >= 0.3 is 5.97 Å². The number of carbonyl (C=O) groups is 1. The Kier molecular flexibility index (Phi) is 4.26. The molecular weight excluding hydrogens is 236 g/mol. The lowest BCUT2D eigenvalue weighted by Crippen LogP contribution is -2.17. The van der Waals surface area contributed by atoms with Crippen LogP contribution in [0.1, 0.15) is 27.6 Å². The number of esters is 1. The van der Waals surface area contributed by atoms with E-state index in [2.05, 4.69) is 4.74 Å². The summed E-state index contributed by atoms with van der Waals surface area (Å²) in [7, 11) is 1.23. The number of nitrogens with two attached hydrogens (primary N) is 1. The second kappa shape index (κ2) is 5.49. The van der Waals surface area contributed by atoms with E-state index in [4.69, 9.17) is 11.0 Å². The first kappa shape index (κ1) is 14.0. The summed E-state index contributed by atoms with van der Waals surface area (Å²) in [4.78, 5) is 11.5. The summed E-state index contributed by atoms with van der Waals surface area (Å²) >= 11 is 0. The van der Waals surface area contributed by atoms with Gasteiger partial charge in [0.05, 0.1) is 18.7 Å². The normalized spacial score (nSPS) is 13.5. The van der Waals surface area contributed by atoms with Crippen molar-refractivity contribution in [2.24, 2.45) is 0 Å². The minimum atomic E-state index is -1.59. The van der Waals surface area contributed by atoms with E-state index in [1.165, 1.54) is 25.3 Å². The number of nitrogens with zero attached hydrogens (tertiary/aromatic N) is 1. The first-order chi connectivity index (χ1) is 8.42. The zero-order valence-corrected chi connectivity index (χ0v) is 10.0. The van der Waals surface area contributed by atoms with Crippen molar-refractivity contribution < 1.29 is 19.7 Å². The van der Waals surface area contributed by atoms with Crippen LogP contribution < -0.4 is 5.73 Å². The predicted octanol–water partition coefficient (Wildman–Crippen LogP) is 0.282. The summed E-state index contributed by atoms with van der Waals surface area (Å²) < 4.78 is 4.59. The zero-order chi connectivity index (χ0) is 13.9. The van der Waals surface area contributed by atoms with Crippen molar-refractivity contribution in [3.05, 3.63) is 28.8 Å². The molecule has 0 saturated carbocycles. The van der Waals surface area contributed by atoms with E-state index >= 15 is 0 Å². The van der Waals surface area contributed by atoms with E-state index < -0.39 is 18.2 Å². The first-order valence-electron chi connectivity index (χ1n) is 5.16. The van der Waals surface area contributed by atoms with Crippen LogP contribution in [0.3, 0.4) is 0 Å². The van der Waals surface area contributed by atoms with Crippen LogP contribution in [0.4, 0.5) is 5.69 Å². The monoisotopic (exact) mass is 250 g/mol. The molecule has 1 aromatic carbocycles. The molecule has 0 radical (unpaired) electrons. The molecule has 6 nitrogen and oxygen atoms in total. The summed E-state index contributed by atoms with van der Waals surface area (Å²) in [5.41, 5.74) is 6.88. The molecule has 0 aromatic heterocycles. The Morgan fingerprint density at radius 1 is 1.50 bits per heavy atom. The molecule has 0 aliphatic rings. The number of hydrogen-bond donors (Lipinski definition) is 3. The molecule has 18 heavy (non-hydrogen) atoms. The van der Waals surface area contributed by atoms with Crippen molar-refractivity contribution in [1.82, 2.24) is 0 Å². The van der Waals surface area contributed by atoms with E-state index in [9.17, 15) is 15.0 Å². The number of aliphatic hydroxyl groups is 2. The van der Waals surface area contributed by atoms with Crippen LogP contribution >= 0.6 is 0 Å². The SMILES string of the molecule is COC(=O)c1cc(C(O)C(O)C#N)cc(N)c1C. The highest BCUT2D eigenvalue weighted by atomic mass is 16.5. The van der Waals surface area contributed by atoms with E-state index in [0.717, 1.165) is 0 Å². The summed E-state index contributed by atoms with van der Waals surface area (Å²) in [6, 6.07) is 4.27. The predicted molar refractivity (Wildman–Crippen MR) is 63.5 cm³/mol. The largest absolute Gasteiger partial charge is 0.465 e. The van der Waals surface area contributed by atoms with Crippen LogP contribution in [0, 0.1) is 18.3 Å². The Morgan fingerprint density at radius 2 is 2.11 bits per heavy atom. The highest BCUT2D eigenvalue weighted by Gasteiger charge is 2.21. The molecule has 4 N–H and O–H groups in total. The van der Waals surface area contributed by atoms with Gasteiger partial charge in [-0.05, 0) is 30.2 Å². The van der Waals surface area contributed by atoms with Crippen LogP contribution in [-0.2, 0) is 4.74 Å². The Balaban J connectivity index is 3.29. The number of nitrogen functional groups attached to an aromatic ring is 1.